The van der Waals surface area contributed by atoms with E-state index in [4.69, 9.17) is 16.3 Å². The third-order valence-electron chi connectivity index (χ3n) is 4.17. The molecule has 0 saturated heterocycles. The minimum absolute atomic E-state index is 0.0317. The highest BCUT2D eigenvalue weighted by Crippen LogP contribution is 2.29. The van der Waals surface area contributed by atoms with Crippen LogP contribution < -0.4 is 9.64 Å². The molecule has 0 N–H and O–H groups in total. The predicted octanol–water partition coefficient (Wildman–Crippen LogP) is 4.73. The third kappa shape index (κ3) is 3.21. The van der Waals surface area contributed by atoms with Crippen LogP contribution in [0.4, 0.5) is 5.69 Å². The van der Waals surface area contributed by atoms with Crippen molar-refractivity contribution < 1.29 is 9.53 Å². The fourth-order valence-corrected chi connectivity index (χ4v) is 3.04. The van der Waals surface area contributed by atoms with Crippen molar-refractivity contribution >= 4 is 23.2 Å². The maximum Gasteiger partial charge on any atom is 0.258 e. The molecule has 2 heterocycles. The summed E-state index contributed by atoms with van der Waals surface area (Å²) in [5.74, 6) is 1.27. The second-order valence-corrected chi connectivity index (χ2v) is 6.23. The lowest BCUT2D eigenvalue weighted by molar-refractivity contribution is 0.0980. The third-order valence-corrected chi connectivity index (χ3v) is 4.42. The van der Waals surface area contributed by atoms with Crippen LogP contribution in [0, 0.1) is 0 Å². The number of amides is 1. The predicted molar refractivity (Wildman–Crippen MR) is 97.6 cm³/mol. The molecule has 1 aromatic heterocycles. The zero-order chi connectivity index (χ0) is 17.2. The Morgan fingerprint density at radius 3 is 2.60 bits per heavy atom. The number of rotatable bonds is 3. The van der Waals surface area contributed by atoms with Gasteiger partial charge in [-0.15, -0.1) is 0 Å². The van der Waals surface area contributed by atoms with Crippen LogP contribution in [0.15, 0.2) is 67.0 Å². The minimum atomic E-state index is -0.0317. The second kappa shape index (κ2) is 6.57. The summed E-state index contributed by atoms with van der Waals surface area (Å²) in [4.78, 5) is 18.7. The number of hydrogen-bond donors (Lipinski definition) is 0. The molecular weight excluding hydrogens is 336 g/mol. The van der Waals surface area contributed by atoms with E-state index in [-0.39, 0.29) is 5.91 Å². The number of ether oxygens (including phenoxy) is 1. The Labute approximate surface area is 150 Å². The van der Waals surface area contributed by atoms with Crippen LogP contribution in [0.2, 0.25) is 5.02 Å². The number of benzene rings is 2. The van der Waals surface area contributed by atoms with Crippen molar-refractivity contribution in [3.63, 3.8) is 0 Å². The van der Waals surface area contributed by atoms with Crippen molar-refractivity contribution in [2.24, 2.45) is 0 Å². The first-order valence-electron chi connectivity index (χ1n) is 7.99. The van der Waals surface area contributed by atoms with Crippen molar-refractivity contribution in [2.45, 2.75) is 6.42 Å². The van der Waals surface area contributed by atoms with E-state index in [1.807, 2.05) is 24.3 Å². The Bertz CT molecular complexity index is 911. The normalized spacial score (nSPS) is 13.5. The number of pyridine rings is 1. The summed E-state index contributed by atoms with van der Waals surface area (Å²) in [6.07, 6.45) is 4.21. The summed E-state index contributed by atoms with van der Waals surface area (Å²) < 4.78 is 5.85. The van der Waals surface area contributed by atoms with Crippen molar-refractivity contribution in [1.82, 2.24) is 4.98 Å². The maximum absolute atomic E-state index is 12.9. The van der Waals surface area contributed by atoms with Crippen LogP contribution in [0.3, 0.4) is 0 Å². The van der Waals surface area contributed by atoms with E-state index < -0.39 is 0 Å². The second-order valence-electron chi connectivity index (χ2n) is 5.79. The monoisotopic (exact) mass is 350 g/mol. The van der Waals surface area contributed by atoms with E-state index in [0.29, 0.717) is 28.6 Å². The first kappa shape index (κ1) is 15.7. The molecule has 0 spiro atoms. The van der Waals surface area contributed by atoms with Crippen LogP contribution in [0.5, 0.6) is 11.5 Å². The van der Waals surface area contributed by atoms with Gasteiger partial charge in [-0.1, -0.05) is 17.7 Å². The minimum Gasteiger partial charge on any atom is -0.457 e. The molecule has 0 bridgehead atoms. The highest BCUT2D eigenvalue weighted by molar-refractivity contribution is 6.30. The average Bonchev–Trinajstić information content (AvgIpc) is 2.65. The van der Waals surface area contributed by atoms with E-state index in [2.05, 4.69) is 4.98 Å². The molecule has 0 atom stereocenters. The van der Waals surface area contributed by atoms with E-state index >= 15 is 0 Å². The Balaban J connectivity index is 1.62. The summed E-state index contributed by atoms with van der Waals surface area (Å²) in [6, 6.07) is 16.5. The number of aromatic nitrogens is 1. The van der Waals surface area contributed by atoms with Crippen LogP contribution in [-0.2, 0) is 6.42 Å². The molecule has 0 unspecified atom stereocenters. The molecule has 1 amide bonds. The molecule has 5 heteroatoms. The fourth-order valence-electron chi connectivity index (χ4n) is 2.91. The highest BCUT2D eigenvalue weighted by Gasteiger charge is 2.26. The molecule has 124 valence electrons. The van der Waals surface area contributed by atoms with Gasteiger partial charge in [0.25, 0.3) is 5.91 Å². The number of carbonyl (C=O) groups excluding carboxylic acids is 1. The molecule has 0 aliphatic carbocycles. The molecule has 4 rings (SSSR count). The van der Waals surface area contributed by atoms with Crippen molar-refractivity contribution in [1.29, 1.82) is 0 Å². The van der Waals surface area contributed by atoms with Gasteiger partial charge in [0.2, 0.25) is 0 Å². The number of anilines is 1. The van der Waals surface area contributed by atoms with Crippen LogP contribution in [0.25, 0.3) is 0 Å². The van der Waals surface area contributed by atoms with E-state index in [1.165, 1.54) is 0 Å². The van der Waals surface area contributed by atoms with Gasteiger partial charge in [-0.3, -0.25) is 9.78 Å². The number of fused-ring (bicyclic) bond motifs is 1. The Hall–Kier alpha value is -2.85. The van der Waals surface area contributed by atoms with Crippen molar-refractivity contribution in [3.8, 4) is 11.5 Å². The fraction of sp³-hybridized carbons (Fsp3) is 0.100. The van der Waals surface area contributed by atoms with Gasteiger partial charge < -0.3 is 9.64 Å². The summed E-state index contributed by atoms with van der Waals surface area (Å²) in [5, 5.41) is 0.653. The van der Waals surface area contributed by atoms with E-state index in [0.717, 1.165) is 17.7 Å². The smallest absolute Gasteiger partial charge is 0.258 e. The molecule has 0 saturated carbocycles. The summed E-state index contributed by atoms with van der Waals surface area (Å²) >= 11 is 5.89. The van der Waals surface area contributed by atoms with Gasteiger partial charge in [-0.05, 0) is 60.5 Å². The van der Waals surface area contributed by atoms with Crippen molar-refractivity contribution in [2.75, 3.05) is 11.4 Å². The van der Waals surface area contributed by atoms with Gasteiger partial charge >= 0.3 is 0 Å². The van der Waals surface area contributed by atoms with Gasteiger partial charge in [0.1, 0.15) is 11.5 Å². The topological polar surface area (TPSA) is 42.4 Å². The lowest BCUT2D eigenvalue weighted by atomic mass is 9.98. The molecule has 2 aromatic carbocycles. The molecule has 4 nitrogen and oxygen atoms in total. The first-order chi connectivity index (χ1) is 12.2. The lowest BCUT2D eigenvalue weighted by Crippen LogP contribution is -2.37. The summed E-state index contributed by atoms with van der Waals surface area (Å²) in [6.45, 7) is 0.648. The zero-order valence-corrected chi connectivity index (χ0v) is 14.1. The number of carbonyl (C=O) groups is 1. The molecule has 3 aromatic rings. The van der Waals surface area contributed by atoms with Gasteiger partial charge in [0.05, 0.1) is 11.9 Å². The van der Waals surface area contributed by atoms with Gasteiger partial charge in [0.15, 0.2) is 0 Å². The van der Waals surface area contributed by atoms with Crippen molar-refractivity contribution in [3.05, 3.63) is 83.1 Å². The van der Waals surface area contributed by atoms with Crippen LogP contribution in [-0.4, -0.2) is 17.4 Å². The molecule has 25 heavy (non-hydrogen) atoms. The standard InChI is InChI=1S/C20H15ClN2O2/c21-15-4-7-17(8-5-15)25-18-6-3-14-9-11-23(20(24)19(14)12-18)16-2-1-10-22-13-16/h1-8,10,12-13H,9,11H2. The first-order valence-corrected chi connectivity index (χ1v) is 8.37. The lowest BCUT2D eigenvalue weighted by Gasteiger charge is -2.28. The largest absolute Gasteiger partial charge is 0.457 e. The SMILES string of the molecule is O=C1c2cc(Oc3ccc(Cl)cc3)ccc2CCN1c1cccnc1. The molecule has 0 radical (unpaired) electrons. The quantitative estimate of drug-likeness (QED) is 0.685. The van der Waals surface area contributed by atoms with E-state index in [9.17, 15) is 4.79 Å². The van der Waals surface area contributed by atoms with Gasteiger partial charge in [-0.25, -0.2) is 0 Å². The Kier molecular flexibility index (Phi) is 4.12. The molecule has 0 fully saturated rings. The van der Waals surface area contributed by atoms with E-state index in [1.54, 1.807) is 47.6 Å². The summed E-state index contributed by atoms with van der Waals surface area (Å²) in [7, 11) is 0. The van der Waals surface area contributed by atoms with Crippen LogP contribution >= 0.6 is 11.6 Å². The number of hydrogen-bond acceptors (Lipinski definition) is 3. The highest BCUT2D eigenvalue weighted by atomic mass is 35.5. The number of nitrogens with zero attached hydrogens (tertiary/aromatic N) is 2. The average molecular weight is 351 g/mol. The van der Waals surface area contributed by atoms with Gasteiger partial charge in [0, 0.05) is 23.3 Å². The van der Waals surface area contributed by atoms with Gasteiger partial charge in [-0.2, -0.15) is 0 Å². The molecule has 1 aliphatic rings. The molecular formula is C20H15ClN2O2. The Morgan fingerprint density at radius 1 is 1.04 bits per heavy atom. The summed E-state index contributed by atoms with van der Waals surface area (Å²) in [5.41, 5.74) is 2.51. The Morgan fingerprint density at radius 2 is 1.84 bits per heavy atom. The van der Waals surface area contributed by atoms with Crippen LogP contribution in [0.1, 0.15) is 15.9 Å². The maximum atomic E-state index is 12.9. The molecule has 1 aliphatic heterocycles. The number of halogens is 1. The zero-order valence-electron chi connectivity index (χ0n) is 13.4.